The van der Waals surface area contributed by atoms with Gasteiger partial charge in [-0.05, 0) is 11.6 Å². The number of amides is 2. The van der Waals surface area contributed by atoms with E-state index in [4.69, 9.17) is 0 Å². The molecule has 0 saturated carbocycles. The van der Waals surface area contributed by atoms with E-state index >= 15 is 0 Å². The van der Waals surface area contributed by atoms with Gasteiger partial charge in [-0.15, -0.1) is 11.8 Å². The number of aromatic nitrogens is 1. The van der Waals surface area contributed by atoms with Gasteiger partial charge in [0.2, 0.25) is 17.7 Å². The van der Waals surface area contributed by atoms with Gasteiger partial charge in [0.05, 0.1) is 23.4 Å². The Morgan fingerprint density at radius 1 is 1.15 bits per heavy atom. The minimum Gasteiger partial charge on any atom is -0.287 e. The average molecular weight is 369 g/mol. The number of thioether (sulfide) groups is 1. The normalized spacial score (nSPS) is 31.1. The summed E-state index contributed by atoms with van der Waals surface area (Å²) in [4.78, 5) is 41.3. The lowest BCUT2D eigenvalue weighted by molar-refractivity contribution is -0.139. The number of rotatable bonds is 1. The highest BCUT2D eigenvalue weighted by atomic mass is 32.2. The first-order valence-corrected chi connectivity index (χ1v) is 9.92. The SMILES string of the molecule is CC(=O)n1cc([C@@H]2[C@@H]3C(=O)N(C)C(=O)[C@H]3[C@H]3CSCN32)c2ccccc21. The Bertz CT molecular complexity index is 968. The van der Waals surface area contributed by atoms with E-state index in [1.165, 1.54) is 4.90 Å². The zero-order valence-corrected chi connectivity index (χ0v) is 15.4. The Morgan fingerprint density at radius 3 is 2.65 bits per heavy atom. The van der Waals surface area contributed by atoms with Crippen LogP contribution < -0.4 is 0 Å². The molecule has 7 heteroatoms. The van der Waals surface area contributed by atoms with Crippen LogP contribution in [0.5, 0.6) is 0 Å². The molecule has 1 aromatic carbocycles. The van der Waals surface area contributed by atoms with Gasteiger partial charge in [0.1, 0.15) is 0 Å². The van der Waals surface area contributed by atoms with Crippen LogP contribution in [-0.2, 0) is 9.59 Å². The fraction of sp³-hybridized carbons (Fsp3) is 0.421. The van der Waals surface area contributed by atoms with Gasteiger partial charge in [-0.3, -0.25) is 28.8 Å². The number of carbonyl (C=O) groups excluding carboxylic acids is 3. The van der Waals surface area contributed by atoms with Gasteiger partial charge in [-0.1, -0.05) is 18.2 Å². The molecule has 3 aliphatic heterocycles. The molecule has 4 heterocycles. The van der Waals surface area contributed by atoms with E-state index in [-0.39, 0.29) is 41.6 Å². The second-order valence-electron chi connectivity index (χ2n) is 7.30. The number of para-hydroxylation sites is 1. The maximum absolute atomic E-state index is 12.9. The number of imide groups is 1. The molecule has 134 valence electrons. The van der Waals surface area contributed by atoms with Crippen LogP contribution >= 0.6 is 11.8 Å². The summed E-state index contributed by atoms with van der Waals surface area (Å²) in [5, 5.41) is 0.985. The molecule has 0 bridgehead atoms. The lowest BCUT2D eigenvalue weighted by Gasteiger charge is -2.26. The van der Waals surface area contributed by atoms with Gasteiger partial charge < -0.3 is 0 Å². The Kier molecular flexibility index (Phi) is 3.36. The van der Waals surface area contributed by atoms with E-state index in [1.807, 2.05) is 30.5 Å². The molecule has 0 radical (unpaired) electrons. The van der Waals surface area contributed by atoms with Crippen LogP contribution in [0.1, 0.15) is 23.3 Å². The van der Waals surface area contributed by atoms with Crippen LogP contribution in [0.15, 0.2) is 30.5 Å². The van der Waals surface area contributed by atoms with Crippen LogP contribution in [0.3, 0.4) is 0 Å². The third kappa shape index (κ3) is 1.90. The molecule has 0 aliphatic carbocycles. The first-order chi connectivity index (χ1) is 12.5. The van der Waals surface area contributed by atoms with Crippen LogP contribution in [0.2, 0.25) is 0 Å². The zero-order chi connectivity index (χ0) is 18.2. The van der Waals surface area contributed by atoms with Crippen molar-refractivity contribution in [3.05, 3.63) is 36.0 Å². The standard InChI is InChI=1S/C19H19N3O3S/c1-10(23)21-7-12(11-5-3-4-6-13(11)21)17-16-15(14-8-26-9-22(14)17)18(24)20(2)19(16)25/h3-7,14-17H,8-9H2,1-2H3/t14-,15+,16-,17-/m1/s1. The zero-order valence-electron chi connectivity index (χ0n) is 14.6. The highest BCUT2D eigenvalue weighted by molar-refractivity contribution is 7.99. The Labute approximate surface area is 155 Å². The van der Waals surface area contributed by atoms with Crippen LogP contribution in [0.25, 0.3) is 10.9 Å². The molecule has 2 amide bonds. The highest BCUT2D eigenvalue weighted by Gasteiger charge is 2.62. The Morgan fingerprint density at radius 2 is 1.88 bits per heavy atom. The van der Waals surface area contributed by atoms with E-state index in [0.29, 0.717) is 0 Å². The van der Waals surface area contributed by atoms with Gasteiger partial charge in [-0.25, -0.2) is 0 Å². The van der Waals surface area contributed by atoms with Crippen molar-refractivity contribution in [3.63, 3.8) is 0 Å². The summed E-state index contributed by atoms with van der Waals surface area (Å²) in [5.74, 6) is 0.846. The summed E-state index contributed by atoms with van der Waals surface area (Å²) in [6.45, 7) is 1.54. The summed E-state index contributed by atoms with van der Waals surface area (Å²) in [6.07, 6.45) is 1.87. The van der Waals surface area contributed by atoms with E-state index < -0.39 is 0 Å². The maximum Gasteiger partial charge on any atom is 0.234 e. The van der Waals surface area contributed by atoms with Crippen molar-refractivity contribution in [1.82, 2.24) is 14.4 Å². The number of fused-ring (bicyclic) bond motifs is 4. The van der Waals surface area contributed by atoms with E-state index in [2.05, 4.69) is 4.90 Å². The van der Waals surface area contributed by atoms with Crippen molar-refractivity contribution in [1.29, 1.82) is 0 Å². The predicted octanol–water partition coefficient (Wildman–Crippen LogP) is 1.96. The number of benzene rings is 1. The lowest BCUT2D eigenvalue weighted by Crippen LogP contribution is -2.38. The summed E-state index contributed by atoms with van der Waals surface area (Å²) in [7, 11) is 1.59. The molecule has 5 rings (SSSR count). The van der Waals surface area contributed by atoms with Gasteiger partial charge in [0.15, 0.2) is 0 Å². The lowest BCUT2D eigenvalue weighted by atomic mass is 9.86. The molecule has 3 saturated heterocycles. The Hall–Kier alpha value is -2.12. The second kappa shape index (κ2) is 5.44. The van der Waals surface area contributed by atoms with Gasteiger partial charge in [0.25, 0.3) is 0 Å². The van der Waals surface area contributed by atoms with Gasteiger partial charge in [0, 0.05) is 43.2 Å². The largest absolute Gasteiger partial charge is 0.287 e. The number of likely N-dealkylation sites (tertiary alicyclic amines) is 1. The average Bonchev–Trinajstić information content (AvgIpc) is 3.34. The fourth-order valence-electron chi connectivity index (χ4n) is 4.95. The van der Waals surface area contributed by atoms with Crippen molar-refractivity contribution < 1.29 is 14.4 Å². The molecule has 3 fully saturated rings. The summed E-state index contributed by atoms with van der Waals surface area (Å²) in [6, 6.07) is 7.72. The molecule has 26 heavy (non-hydrogen) atoms. The quantitative estimate of drug-likeness (QED) is 0.719. The van der Waals surface area contributed by atoms with Gasteiger partial charge in [-0.2, -0.15) is 0 Å². The molecule has 2 aromatic rings. The molecule has 0 N–H and O–H groups in total. The third-order valence-electron chi connectivity index (χ3n) is 6.09. The van der Waals surface area contributed by atoms with Crippen molar-refractivity contribution >= 4 is 40.4 Å². The topological polar surface area (TPSA) is 62.6 Å². The van der Waals surface area contributed by atoms with E-state index in [1.54, 1.807) is 30.3 Å². The minimum absolute atomic E-state index is 0.0553. The predicted molar refractivity (Wildman–Crippen MR) is 98.7 cm³/mol. The molecule has 4 atom stereocenters. The summed E-state index contributed by atoms with van der Waals surface area (Å²) in [5.41, 5.74) is 1.83. The first kappa shape index (κ1) is 16.1. The van der Waals surface area contributed by atoms with Crippen LogP contribution in [-0.4, -0.2) is 56.8 Å². The van der Waals surface area contributed by atoms with Crippen molar-refractivity contribution in [2.24, 2.45) is 11.8 Å². The summed E-state index contributed by atoms with van der Waals surface area (Å²) < 4.78 is 1.65. The Balaban J connectivity index is 1.72. The van der Waals surface area contributed by atoms with Crippen LogP contribution in [0, 0.1) is 11.8 Å². The van der Waals surface area contributed by atoms with Gasteiger partial charge >= 0.3 is 0 Å². The minimum atomic E-state index is -0.357. The molecule has 6 nitrogen and oxygen atoms in total. The number of carbonyl (C=O) groups is 3. The molecule has 0 spiro atoms. The van der Waals surface area contributed by atoms with Crippen molar-refractivity contribution in [2.45, 2.75) is 19.0 Å². The molecular weight excluding hydrogens is 350 g/mol. The number of hydrogen-bond donors (Lipinski definition) is 0. The summed E-state index contributed by atoms with van der Waals surface area (Å²) >= 11 is 1.81. The maximum atomic E-state index is 12.9. The number of hydrogen-bond acceptors (Lipinski definition) is 5. The highest BCUT2D eigenvalue weighted by Crippen LogP contribution is 2.54. The van der Waals surface area contributed by atoms with E-state index in [0.717, 1.165) is 28.1 Å². The smallest absolute Gasteiger partial charge is 0.234 e. The monoisotopic (exact) mass is 369 g/mol. The second-order valence-corrected chi connectivity index (χ2v) is 8.30. The first-order valence-electron chi connectivity index (χ1n) is 8.76. The van der Waals surface area contributed by atoms with Crippen molar-refractivity contribution in [3.8, 4) is 0 Å². The van der Waals surface area contributed by atoms with Crippen LogP contribution in [0.4, 0.5) is 0 Å². The third-order valence-corrected chi connectivity index (χ3v) is 7.14. The van der Waals surface area contributed by atoms with E-state index in [9.17, 15) is 14.4 Å². The van der Waals surface area contributed by atoms with Crippen molar-refractivity contribution in [2.75, 3.05) is 18.7 Å². The molecule has 0 unspecified atom stereocenters. The fourth-order valence-corrected chi connectivity index (χ4v) is 6.25. The molecule has 3 aliphatic rings. The molecular formula is C19H19N3O3S. The molecule has 1 aromatic heterocycles. The number of nitrogens with zero attached hydrogens (tertiary/aromatic N) is 3.